The van der Waals surface area contributed by atoms with Gasteiger partial charge in [-0.25, -0.2) is 4.79 Å². The lowest BCUT2D eigenvalue weighted by molar-refractivity contribution is -0.757. The molecule has 0 aromatic carbocycles. The van der Waals surface area contributed by atoms with Crippen LogP contribution < -0.4 is 5.32 Å². The zero-order valence-electron chi connectivity index (χ0n) is 12.0. The van der Waals surface area contributed by atoms with Crippen molar-refractivity contribution in [2.24, 2.45) is 0 Å². The van der Waals surface area contributed by atoms with E-state index in [2.05, 4.69) is 14.9 Å². The fraction of sp³-hybridized carbons (Fsp3) is 0.500. The molecule has 1 amide bonds. The van der Waals surface area contributed by atoms with Crippen LogP contribution in [-0.4, -0.2) is 55.1 Å². The first kappa shape index (κ1) is 17.3. The molecule has 1 N–H and O–H groups in total. The van der Waals surface area contributed by atoms with Crippen molar-refractivity contribution in [2.75, 3.05) is 33.0 Å². The predicted octanol–water partition coefficient (Wildman–Crippen LogP) is 0.197. The largest absolute Gasteiger partial charge is 0.509 e. The summed E-state index contributed by atoms with van der Waals surface area (Å²) in [5.41, 5.74) is 0.427. The molecule has 122 valence electrons. The van der Waals surface area contributed by atoms with Crippen LogP contribution in [0.4, 0.5) is 4.79 Å². The number of hydrogen-bond donors (Lipinski definition) is 1. The van der Waals surface area contributed by atoms with Gasteiger partial charge in [-0.3, -0.25) is 4.79 Å². The second kappa shape index (κ2) is 9.21. The Hall–Kier alpha value is -2.78. The van der Waals surface area contributed by atoms with Gasteiger partial charge in [0.1, 0.15) is 6.61 Å². The highest BCUT2D eigenvalue weighted by molar-refractivity contribution is 5.94. The summed E-state index contributed by atoms with van der Waals surface area (Å²) in [4.78, 5) is 38.5. The molecule has 0 aliphatic carbocycles. The van der Waals surface area contributed by atoms with Gasteiger partial charge in [-0.2, -0.15) is 0 Å². The highest BCUT2D eigenvalue weighted by Gasteiger charge is 2.15. The normalized spacial score (nSPS) is 13.1. The number of amides is 1. The average molecular weight is 315 g/mol. The van der Waals surface area contributed by atoms with Crippen LogP contribution in [-0.2, 0) is 19.1 Å². The van der Waals surface area contributed by atoms with Crippen LogP contribution in [0, 0.1) is 10.1 Å². The first-order valence-electron chi connectivity index (χ1n) is 6.49. The number of nitrogens with one attached hydrogen (secondary N) is 1. The number of rotatable bonds is 8. The Bertz CT molecular complexity index is 475. The zero-order chi connectivity index (χ0) is 16.4. The minimum absolute atomic E-state index is 0.0141. The Morgan fingerprint density at radius 1 is 1.45 bits per heavy atom. The van der Waals surface area contributed by atoms with E-state index in [0.29, 0.717) is 5.57 Å². The molecule has 0 radical (unpaired) electrons. The van der Waals surface area contributed by atoms with Crippen molar-refractivity contribution >= 4 is 12.1 Å². The van der Waals surface area contributed by atoms with Gasteiger partial charge in [0.25, 0.3) is 5.09 Å². The van der Waals surface area contributed by atoms with Gasteiger partial charge in [0.05, 0.1) is 13.2 Å². The van der Waals surface area contributed by atoms with E-state index in [1.807, 2.05) is 0 Å². The summed E-state index contributed by atoms with van der Waals surface area (Å²) < 4.78 is 9.45. The third kappa shape index (κ3) is 6.59. The van der Waals surface area contributed by atoms with Crippen LogP contribution in [0.1, 0.15) is 6.92 Å². The second-order valence-electron chi connectivity index (χ2n) is 4.05. The van der Waals surface area contributed by atoms with Crippen LogP contribution in [0.5, 0.6) is 0 Å². The van der Waals surface area contributed by atoms with Crippen molar-refractivity contribution in [3.63, 3.8) is 0 Å². The van der Waals surface area contributed by atoms with Gasteiger partial charge in [0, 0.05) is 18.3 Å². The van der Waals surface area contributed by atoms with E-state index < -0.39 is 11.2 Å². The van der Waals surface area contributed by atoms with Crippen molar-refractivity contribution in [1.82, 2.24) is 10.2 Å². The summed E-state index contributed by atoms with van der Waals surface area (Å²) in [6, 6.07) is 0. The van der Waals surface area contributed by atoms with E-state index in [1.165, 1.54) is 0 Å². The fourth-order valence-electron chi connectivity index (χ4n) is 1.53. The molecular formula is C12H17N3O7. The molecule has 0 bridgehead atoms. The lowest BCUT2D eigenvalue weighted by Gasteiger charge is -2.23. The molecule has 10 heteroatoms. The van der Waals surface area contributed by atoms with Gasteiger partial charge < -0.3 is 24.5 Å². The van der Waals surface area contributed by atoms with Gasteiger partial charge >= 0.3 is 6.16 Å². The number of nitrogens with zero attached hydrogens (tertiary/aromatic N) is 2. The molecule has 0 atom stereocenters. The van der Waals surface area contributed by atoms with Crippen LogP contribution in [0.3, 0.4) is 0 Å². The maximum Gasteiger partial charge on any atom is 0.509 e. The van der Waals surface area contributed by atoms with E-state index in [9.17, 15) is 19.7 Å². The van der Waals surface area contributed by atoms with Crippen LogP contribution in [0.2, 0.25) is 0 Å². The predicted molar refractivity (Wildman–Crippen MR) is 72.9 cm³/mol. The number of hydrogen-bond acceptors (Lipinski definition) is 8. The summed E-state index contributed by atoms with van der Waals surface area (Å²) in [6.45, 7) is 1.85. The Kier molecular flexibility index (Phi) is 7.23. The number of allylic oxidation sites excluding steroid dienone is 2. The standard InChI is InChI=1S/C12H17N3O7/c1-2-20-12(17)21-9-14-6-3-4-10(8-14)11(16)13-5-7-22-15(18)19/h3-4,6H,2,5,7-9H2,1H3,(H,13,16). The van der Waals surface area contributed by atoms with Gasteiger partial charge in [0.15, 0.2) is 6.73 Å². The lowest BCUT2D eigenvalue weighted by atomic mass is 10.2. The highest BCUT2D eigenvalue weighted by atomic mass is 16.9. The first-order valence-corrected chi connectivity index (χ1v) is 6.49. The van der Waals surface area contributed by atoms with Crippen molar-refractivity contribution < 1.29 is 29.0 Å². The zero-order valence-corrected chi connectivity index (χ0v) is 12.0. The molecule has 0 aromatic heterocycles. The summed E-state index contributed by atoms with van der Waals surface area (Å²) in [5.74, 6) is -0.377. The minimum atomic E-state index is -0.927. The smallest absolute Gasteiger partial charge is 0.435 e. The Balaban J connectivity index is 2.31. The van der Waals surface area contributed by atoms with E-state index in [1.54, 1.807) is 30.2 Å². The topological polar surface area (TPSA) is 120 Å². The molecule has 1 aliphatic heterocycles. The molecule has 1 aliphatic rings. The third-order valence-electron chi connectivity index (χ3n) is 2.45. The average Bonchev–Trinajstić information content (AvgIpc) is 2.50. The minimum Gasteiger partial charge on any atom is -0.435 e. The summed E-state index contributed by atoms with van der Waals surface area (Å²) >= 11 is 0. The Morgan fingerprint density at radius 2 is 2.23 bits per heavy atom. The monoisotopic (exact) mass is 315 g/mol. The van der Waals surface area contributed by atoms with Gasteiger partial charge in [-0.15, -0.1) is 10.1 Å². The Morgan fingerprint density at radius 3 is 2.91 bits per heavy atom. The van der Waals surface area contributed by atoms with Gasteiger partial charge in [0.2, 0.25) is 5.91 Å². The van der Waals surface area contributed by atoms with E-state index in [0.717, 1.165) is 0 Å². The molecule has 22 heavy (non-hydrogen) atoms. The summed E-state index contributed by atoms with van der Waals surface area (Å²) in [5, 5.41) is 11.5. The van der Waals surface area contributed by atoms with Crippen molar-refractivity contribution in [1.29, 1.82) is 0 Å². The molecule has 1 rings (SSSR count). The molecule has 1 heterocycles. The molecular weight excluding hydrogens is 298 g/mol. The maximum absolute atomic E-state index is 11.8. The lowest BCUT2D eigenvalue weighted by Crippen LogP contribution is -2.35. The van der Waals surface area contributed by atoms with E-state index in [-0.39, 0.29) is 38.9 Å². The molecule has 0 unspecified atom stereocenters. The van der Waals surface area contributed by atoms with E-state index >= 15 is 0 Å². The SMILES string of the molecule is CCOC(=O)OCN1C=CC=C(C(=O)NCCO[N+](=O)[O-])C1. The van der Waals surface area contributed by atoms with Crippen LogP contribution in [0.25, 0.3) is 0 Å². The van der Waals surface area contributed by atoms with Gasteiger partial charge in [-0.05, 0) is 13.0 Å². The van der Waals surface area contributed by atoms with Crippen molar-refractivity contribution in [3.05, 3.63) is 34.0 Å². The van der Waals surface area contributed by atoms with Crippen LogP contribution in [0.15, 0.2) is 23.9 Å². The second-order valence-corrected chi connectivity index (χ2v) is 4.05. The summed E-state index contributed by atoms with van der Waals surface area (Å²) in [6.07, 6.45) is 4.10. The highest BCUT2D eigenvalue weighted by Crippen LogP contribution is 2.07. The van der Waals surface area contributed by atoms with Crippen LogP contribution >= 0.6 is 0 Å². The molecule has 10 nitrogen and oxygen atoms in total. The quantitative estimate of drug-likeness (QED) is 0.292. The number of carbonyl (C=O) groups is 2. The first-order chi connectivity index (χ1) is 10.5. The molecule has 0 spiro atoms. The van der Waals surface area contributed by atoms with Crippen molar-refractivity contribution in [3.8, 4) is 0 Å². The maximum atomic E-state index is 11.8. The molecule has 0 saturated carbocycles. The number of ether oxygens (including phenoxy) is 2. The molecule has 0 fully saturated rings. The number of carbonyl (C=O) groups excluding carboxylic acids is 2. The fourth-order valence-corrected chi connectivity index (χ4v) is 1.53. The molecule has 0 saturated heterocycles. The molecule has 0 aromatic rings. The van der Waals surface area contributed by atoms with E-state index in [4.69, 9.17) is 4.74 Å². The third-order valence-corrected chi connectivity index (χ3v) is 2.45. The van der Waals surface area contributed by atoms with Crippen molar-refractivity contribution in [2.45, 2.75) is 6.92 Å². The summed E-state index contributed by atoms with van der Waals surface area (Å²) in [7, 11) is 0. The van der Waals surface area contributed by atoms with Gasteiger partial charge in [-0.1, -0.05) is 6.08 Å². The Labute approximate surface area is 126 Å².